The van der Waals surface area contributed by atoms with E-state index in [-0.39, 0.29) is 17.3 Å². The third-order valence-corrected chi connectivity index (χ3v) is 3.44. The van der Waals surface area contributed by atoms with Crippen LogP contribution >= 0.6 is 0 Å². The summed E-state index contributed by atoms with van der Waals surface area (Å²) in [6.45, 7) is 0. The Morgan fingerprint density at radius 1 is 0.913 bits per heavy atom. The van der Waals surface area contributed by atoms with Crippen molar-refractivity contribution < 1.29 is 9.72 Å². The van der Waals surface area contributed by atoms with Crippen molar-refractivity contribution in [1.82, 2.24) is 5.43 Å². The Balaban J connectivity index is 1.94. The van der Waals surface area contributed by atoms with Gasteiger partial charge in [-0.3, -0.25) is 25.8 Å². The van der Waals surface area contributed by atoms with Crippen LogP contribution in [0.5, 0.6) is 0 Å². The van der Waals surface area contributed by atoms with E-state index in [2.05, 4.69) is 10.9 Å². The summed E-state index contributed by atoms with van der Waals surface area (Å²) in [5, 5.41) is 12.7. The summed E-state index contributed by atoms with van der Waals surface area (Å²) in [5.41, 5.74) is 5.83. The number of anilines is 1. The second-order valence-electron chi connectivity index (χ2n) is 4.88. The van der Waals surface area contributed by atoms with E-state index in [1.54, 1.807) is 48.5 Å². The molecule has 0 radical (unpaired) electrons. The quantitative estimate of drug-likeness (QED) is 0.570. The molecule has 3 aromatic rings. The second-order valence-corrected chi connectivity index (χ2v) is 4.88. The Bertz CT molecular complexity index is 879. The molecule has 6 nitrogen and oxygen atoms in total. The number of nitrogens with one attached hydrogen (secondary N) is 2. The molecule has 23 heavy (non-hydrogen) atoms. The third-order valence-electron chi connectivity index (χ3n) is 3.44. The van der Waals surface area contributed by atoms with Crippen molar-refractivity contribution in [3.63, 3.8) is 0 Å². The average Bonchev–Trinajstić information content (AvgIpc) is 2.59. The summed E-state index contributed by atoms with van der Waals surface area (Å²) in [5.74, 6) is -0.368. The molecular formula is C17H13N3O3. The number of carbonyl (C=O) groups excluding carboxylic acids is 1. The van der Waals surface area contributed by atoms with Crippen molar-refractivity contribution in [2.45, 2.75) is 0 Å². The van der Waals surface area contributed by atoms with Crippen LogP contribution in [0.25, 0.3) is 10.8 Å². The molecule has 0 aliphatic carbocycles. The number of hydrazine groups is 1. The lowest BCUT2D eigenvalue weighted by atomic mass is 10.1. The maximum Gasteiger partial charge on any atom is 0.294 e. The van der Waals surface area contributed by atoms with Crippen molar-refractivity contribution in [2.24, 2.45) is 0 Å². The second kappa shape index (κ2) is 6.15. The standard InChI is InChI=1S/C17H13N3O3/c21-17(13-7-2-1-3-8-13)19-18-16-14-9-5-4-6-12(14)10-11-15(16)20(22)23/h1-11,18H,(H,19,21). The normalized spacial score (nSPS) is 10.3. The molecule has 0 heterocycles. The number of hydrogen-bond acceptors (Lipinski definition) is 4. The summed E-state index contributed by atoms with van der Waals surface area (Å²) in [4.78, 5) is 22.8. The van der Waals surface area contributed by atoms with Gasteiger partial charge in [-0.2, -0.15) is 0 Å². The van der Waals surface area contributed by atoms with E-state index in [4.69, 9.17) is 0 Å². The van der Waals surface area contributed by atoms with Crippen molar-refractivity contribution in [2.75, 3.05) is 5.43 Å². The molecule has 2 N–H and O–H groups in total. The summed E-state index contributed by atoms with van der Waals surface area (Å²) >= 11 is 0. The fourth-order valence-electron chi connectivity index (χ4n) is 2.32. The van der Waals surface area contributed by atoms with Crippen molar-refractivity contribution in [1.29, 1.82) is 0 Å². The molecule has 0 bridgehead atoms. The van der Waals surface area contributed by atoms with Crippen LogP contribution in [0.4, 0.5) is 11.4 Å². The fourth-order valence-corrected chi connectivity index (χ4v) is 2.32. The molecule has 0 fully saturated rings. The van der Waals surface area contributed by atoms with Crippen LogP contribution in [0, 0.1) is 10.1 Å². The highest BCUT2D eigenvalue weighted by atomic mass is 16.6. The smallest absolute Gasteiger partial charge is 0.291 e. The first-order chi connectivity index (χ1) is 11.2. The topological polar surface area (TPSA) is 84.3 Å². The van der Waals surface area contributed by atoms with Crippen LogP contribution < -0.4 is 10.9 Å². The van der Waals surface area contributed by atoms with Crippen LogP contribution in [-0.2, 0) is 0 Å². The van der Waals surface area contributed by atoms with Crippen molar-refractivity contribution >= 4 is 28.1 Å². The lowest BCUT2D eigenvalue weighted by Gasteiger charge is -2.11. The first-order valence-electron chi connectivity index (χ1n) is 6.94. The van der Waals surface area contributed by atoms with Gasteiger partial charge in [0.25, 0.3) is 11.6 Å². The summed E-state index contributed by atoms with van der Waals surface area (Å²) in [6.07, 6.45) is 0. The number of fused-ring (bicyclic) bond motifs is 1. The Morgan fingerprint density at radius 3 is 2.35 bits per heavy atom. The van der Waals surface area contributed by atoms with Crippen LogP contribution in [0.1, 0.15) is 10.4 Å². The van der Waals surface area contributed by atoms with Gasteiger partial charge in [0, 0.05) is 17.0 Å². The molecule has 6 heteroatoms. The summed E-state index contributed by atoms with van der Waals surface area (Å²) < 4.78 is 0. The minimum absolute atomic E-state index is 0.0999. The molecule has 3 aromatic carbocycles. The van der Waals surface area contributed by atoms with Gasteiger partial charge in [0.1, 0.15) is 5.69 Å². The largest absolute Gasteiger partial charge is 0.294 e. The van der Waals surface area contributed by atoms with Crippen molar-refractivity contribution in [3.05, 3.63) is 82.4 Å². The maximum atomic E-state index is 12.1. The number of nitrogens with zero attached hydrogens (tertiary/aromatic N) is 1. The first kappa shape index (κ1) is 14.5. The highest BCUT2D eigenvalue weighted by Gasteiger charge is 2.17. The lowest BCUT2D eigenvalue weighted by Crippen LogP contribution is -2.29. The Kier molecular flexibility index (Phi) is 3.88. The zero-order valence-electron chi connectivity index (χ0n) is 12.0. The zero-order chi connectivity index (χ0) is 16.2. The molecule has 0 atom stereocenters. The molecule has 0 aliphatic heterocycles. The number of nitro groups is 1. The Hall–Kier alpha value is -3.41. The van der Waals surface area contributed by atoms with Crippen LogP contribution in [0.15, 0.2) is 66.7 Å². The van der Waals surface area contributed by atoms with Gasteiger partial charge in [-0.05, 0) is 23.6 Å². The number of hydrogen-bond donors (Lipinski definition) is 2. The predicted octanol–water partition coefficient (Wildman–Crippen LogP) is 3.50. The fraction of sp³-hybridized carbons (Fsp3) is 0. The zero-order valence-corrected chi connectivity index (χ0v) is 12.0. The number of amides is 1. The highest BCUT2D eigenvalue weighted by molar-refractivity contribution is 6.00. The van der Waals surface area contributed by atoms with Gasteiger partial charge in [0.2, 0.25) is 0 Å². The molecule has 3 rings (SSSR count). The molecule has 0 saturated heterocycles. The number of carbonyl (C=O) groups is 1. The Morgan fingerprint density at radius 2 is 1.61 bits per heavy atom. The van der Waals surface area contributed by atoms with Gasteiger partial charge in [-0.1, -0.05) is 42.5 Å². The van der Waals surface area contributed by atoms with Gasteiger partial charge in [0.15, 0.2) is 0 Å². The molecule has 114 valence electrons. The Labute approximate surface area is 131 Å². The minimum atomic E-state index is -0.483. The van der Waals surface area contributed by atoms with E-state index in [0.717, 1.165) is 5.39 Å². The van der Waals surface area contributed by atoms with Gasteiger partial charge in [-0.15, -0.1) is 0 Å². The van der Waals surface area contributed by atoms with Crippen LogP contribution in [0.2, 0.25) is 0 Å². The van der Waals surface area contributed by atoms with Gasteiger partial charge in [-0.25, -0.2) is 0 Å². The highest BCUT2D eigenvalue weighted by Crippen LogP contribution is 2.32. The van der Waals surface area contributed by atoms with Gasteiger partial charge >= 0.3 is 0 Å². The van der Waals surface area contributed by atoms with E-state index in [9.17, 15) is 14.9 Å². The van der Waals surface area contributed by atoms with E-state index in [1.165, 1.54) is 6.07 Å². The third kappa shape index (κ3) is 2.96. The van der Waals surface area contributed by atoms with E-state index in [1.807, 2.05) is 12.1 Å². The van der Waals surface area contributed by atoms with Crippen molar-refractivity contribution in [3.8, 4) is 0 Å². The number of rotatable bonds is 4. The predicted molar refractivity (Wildman–Crippen MR) is 88.1 cm³/mol. The molecule has 0 spiro atoms. The first-order valence-corrected chi connectivity index (χ1v) is 6.94. The molecule has 0 unspecified atom stereocenters. The summed E-state index contributed by atoms with van der Waals surface area (Å²) in [6, 6.07) is 19.0. The van der Waals surface area contributed by atoms with E-state index < -0.39 is 4.92 Å². The lowest BCUT2D eigenvalue weighted by molar-refractivity contribution is -0.383. The maximum absolute atomic E-state index is 12.1. The summed E-state index contributed by atoms with van der Waals surface area (Å²) in [7, 11) is 0. The minimum Gasteiger partial charge on any atom is -0.291 e. The van der Waals surface area contributed by atoms with E-state index in [0.29, 0.717) is 10.9 Å². The molecule has 1 amide bonds. The molecule has 0 saturated carbocycles. The molecule has 0 aliphatic rings. The van der Waals surface area contributed by atoms with Gasteiger partial charge < -0.3 is 0 Å². The van der Waals surface area contributed by atoms with E-state index >= 15 is 0 Å². The van der Waals surface area contributed by atoms with Crippen LogP contribution in [-0.4, -0.2) is 10.8 Å². The molecule has 0 aromatic heterocycles. The monoisotopic (exact) mass is 307 g/mol. The average molecular weight is 307 g/mol. The molecular weight excluding hydrogens is 294 g/mol. The van der Waals surface area contributed by atoms with Crippen LogP contribution in [0.3, 0.4) is 0 Å². The SMILES string of the molecule is O=C(NNc1c([N+](=O)[O-])ccc2ccccc12)c1ccccc1. The number of benzene rings is 3. The van der Waals surface area contributed by atoms with Gasteiger partial charge in [0.05, 0.1) is 4.92 Å². The number of nitro benzene ring substituents is 1.